The molecule has 1 amide bonds. The third kappa shape index (κ3) is 3.97. The molecule has 7 heteroatoms. The minimum Gasteiger partial charge on any atom is -0.371 e. The van der Waals surface area contributed by atoms with E-state index in [9.17, 15) is 4.79 Å². The Morgan fingerprint density at radius 1 is 1.16 bits per heavy atom. The third-order valence-electron chi connectivity index (χ3n) is 7.01. The molecule has 3 aromatic rings. The molecule has 2 saturated heterocycles. The fraction of sp³-hybridized carbons (Fsp3) is 0.440. The number of imidazole rings is 1. The van der Waals surface area contributed by atoms with Gasteiger partial charge in [0.1, 0.15) is 5.82 Å². The Kier molecular flexibility index (Phi) is 5.59. The van der Waals surface area contributed by atoms with E-state index in [1.165, 1.54) is 5.56 Å². The molecule has 1 N–H and O–H groups in total. The third-order valence-corrected chi connectivity index (χ3v) is 7.34. The first-order valence-corrected chi connectivity index (χ1v) is 11.7. The zero-order valence-corrected chi connectivity index (χ0v) is 19.7. The Morgan fingerprint density at radius 3 is 2.78 bits per heavy atom. The molecule has 2 fully saturated rings. The fourth-order valence-corrected chi connectivity index (χ4v) is 5.24. The van der Waals surface area contributed by atoms with E-state index in [-0.39, 0.29) is 11.8 Å². The van der Waals surface area contributed by atoms with Crippen molar-refractivity contribution in [3.8, 4) is 11.4 Å². The van der Waals surface area contributed by atoms with Crippen molar-refractivity contribution in [1.29, 1.82) is 0 Å². The maximum Gasteiger partial charge on any atom is 0.227 e. The molecule has 0 radical (unpaired) electrons. The number of halogens is 1. The summed E-state index contributed by atoms with van der Waals surface area (Å²) in [6.07, 6.45) is 1.94. The molecule has 2 atom stereocenters. The average molecular weight is 452 g/mol. The molecule has 5 rings (SSSR count). The molecule has 0 bridgehead atoms. The standard InChI is InChI=1S/C25H30ClN5O/c1-16-4-7-22-23(12-16)28-24(27-22)20-13-18(5-6-21(20)26)31-11-8-17(14-31)25(32)30(3)19-9-10-29(2)15-19/h4-7,12-13,17,19H,8-11,14-15H2,1-3H3,(H,27,28). The van der Waals surface area contributed by atoms with Gasteiger partial charge >= 0.3 is 0 Å². The lowest BCUT2D eigenvalue weighted by atomic mass is 10.1. The number of nitrogens with zero attached hydrogens (tertiary/aromatic N) is 4. The molecular weight excluding hydrogens is 422 g/mol. The molecule has 6 nitrogen and oxygen atoms in total. The lowest BCUT2D eigenvalue weighted by Crippen LogP contribution is -2.42. The van der Waals surface area contributed by atoms with Gasteiger partial charge in [-0.3, -0.25) is 4.79 Å². The summed E-state index contributed by atoms with van der Waals surface area (Å²) >= 11 is 6.56. The zero-order valence-electron chi connectivity index (χ0n) is 18.9. The number of nitrogens with one attached hydrogen (secondary N) is 1. The number of amides is 1. The van der Waals surface area contributed by atoms with Gasteiger partial charge in [0.25, 0.3) is 0 Å². The Hall–Kier alpha value is -2.57. The number of carbonyl (C=O) groups is 1. The van der Waals surface area contributed by atoms with Gasteiger partial charge in [-0.25, -0.2) is 4.98 Å². The lowest BCUT2D eigenvalue weighted by Gasteiger charge is -2.27. The molecular formula is C25H30ClN5O. The van der Waals surface area contributed by atoms with Crippen LogP contribution < -0.4 is 4.90 Å². The average Bonchev–Trinajstić information content (AvgIpc) is 3.52. The fourth-order valence-electron chi connectivity index (χ4n) is 5.03. The van der Waals surface area contributed by atoms with Crippen molar-refractivity contribution in [2.75, 3.05) is 45.2 Å². The first-order chi connectivity index (χ1) is 15.4. The van der Waals surface area contributed by atoms with Gasteiger partial charge in [-0.15, -0.1) is 0 Å². The van der Waals surface area contributed by atoms with Crippen molar-refractivity contribution >= 4 is 34.2 Å². The monoisotopic (exact) mass is 451 g/mol. The number of rotatable bonds is 4. The van der Waals surface area contributed by atoms with Crippen LogP contribution >= 0.6 is 11.6 Å². The molecule has 2 aliphatic heterocycles. The smallest absolute Gasteiger partial charge is 0.227 e. The van der Waals surface area contributed by atoms with Crippen molar-refractivity contribution in [2.24, 2.45) is 5.92 Å². The summed E-state index contributed by atoms with van der Waals surface area (Å²) < 4.78 is 0. The first kappa shape index (κ1) is 21.3. The van der Waals surface area contributed by atoms with Gasteiger partial charge < -0.3 is 19.7 Å². The molecule has 0 spiro atoms. The second kappa shape index (κ2) is 8.41. The van der Waals surface area contributed by atoms with Crippen LogP contribution in [0.4, 0.5) is 5.69 Å². The van der Waals surface area contributed by atoms with E-state index >= 15 is 0 Å². The zero-order chi connectivity index (χ0) is 22.4. The quantitative estimate of drug-likeness (QED) is 0.646. The van der Waals surface area contributed by atoms with Crippen LogP contribution in [0.25, 0.3) is 22.4 Å². The molecule has 2 aromatic carbocycles. The first-order valence-electron chi connectivity index (χ1n) is 11.4. The molecule has 1 aromatic heterocycles. The van der Waals surface area contributed by atoms with Crippen LogP contribution in [-0.2, 0) is 4.79 Å². The van der Waals surface area contributed by atoms with Crippen molar-refractivity contribution in [3.63, 3.8) is 0 Å². The van der Waals surface area contributed by atoms with E-state index in [0.29, 0.717) is 11.1 Å². The minimum absolute atomic E-state index is 0.0409. The number of hydrogen-bond acceptors (Lipinski definition) is 4. The van der Waals surface area contributed by atoms with Gasteiger partial charge in [-0.1, -0.05) is 17.7 Å². The topological polar surface area (TPSA) is 55.5 Å². The Balaban J connectivity index is 1.34. The summed E-state index contributed by atoms with van der Waals surface area (Å²) in [5, 5.41) is 0.668. The molecule has 3 heterocycles. The molecule has 168 valence electrons. The van der Waals surface area contributed by atoms with Gasteiger partial charge in [-0.2, -0.15) is 0 Å². The maximum atomic E-state index is 13.1. The second-order valence-electron chi connectivity index (χ2n) is 9.36. The number of H-pyrrole nitrogens is 1. The van der Waals surface area contributed by atoms with E-state index in [1.807, 2.05) is 30.1 Å². The molecule has 2 unspecified atom stereocenters. The van der Waals surface area contributed by atoms with E-state index in [4.69, 9.17) is 16.6 Å². The Morgan fingerprint density at radius 2 is 2.00 bits per heavy atom. The van der Waals surface area contributed by atoms with Crippen LogP contribution in [-0.4, -0.2) is 72.0 Å². The number of likely N-dealkylation sites (tertiary alicyclic amines) is 1. The summed E-state index contributed by atoms with van der Waals surface area (Å²) in [7, 11) is 4.09. The summed E-state index contributed by atoms with van der Waals surface area (Å²) in [4.78, 5) is 27.9. The van der Waals surface area contributed by atoms with Crippen LogP contribution in [0.15, 0.2) is 36.4 Å². The number of anilines is 1. The van der Waals surface area contributed by atoms with Gasteiger partial charge in [0.15, 0.2) is 0 Å². The highest BCUT2D eigenvalue weighted by molar-refractivity contribution is 6.33. The molecule has 0 aliphatic carbocycles. The van der Waals surface area contributed by atoms with Crippen LogP contribution in [0, 0.1) is 12.8 Å². The van der Waals surface area contributed by atoms with E-state index < -0.39 is 0 Å². The second-order valence-corrected chi connectivity index (χ2v) is 9.76. The van der Waals surface area contributed by atoms with Crippen LogP contribution in [0.1, 0.15) is 18.4 Å². The normalized spacial score (nSPS) is 21.6. The number of hydrogen-bond donors (Lipinski definition) is 1. The van der Waals surface area contributed by atoms with Gasteiger partial charge in [0.2, 0.25) is 5.91 Å². The number of carbonyl (C=O) groups excluding carboxylic acids is 1. The van der Waals surface area contributed by atoms with Crippen LogP contribution in [0.3, 0.4) is 0 Å². The number of benzene rings is 2. The van der Waals surface area contributed by atoms with Crippen molar-refractivity contribution < 1.29 is 4.79 Å². The van der Waals surface area contributed by atoms with Crippen molar-refractivity contribution in [3.05, 3.63) is 47.0 Å². The number of fused-ring (bicyclic) bond motifs is 1. The summed E-state index contributed by atoms with van der Waals surface area (Å²) in [6.45, 7) is 5.71. The predicted octanol–water partition coefficient (Wildman–Crippen LogP) is 4.18. The molecule has 0 saturated carbocycles. The highest BCUT2D eigenvalue weighted by Gasteiger charge is 2.34. The Bertz CT molecular complexity index is 1160. The van der Waals surface area contributed by atoms with Crippen molar-refractivity contribution in [1.82, 2.24) is 19.8 Å². The van der Waals surface area contributed by atoms with Crippen molar-refractivity contribution in [2.45, 2.75) is 25.8 Å². The largest absolute Gasteiger partial charge is 0.371 e. The Labute approximate surface area is 194 Å². The summed E-state index contributed by atoms with van der Waals surface area (Å²) in [5.74, 6) is 1.09. The van der Waals surface area contributed by atoms with E-state index in [0.717, 1.165) is 67.1 Å². The number of aromatic nitrogens is 2. The SMILES string of the molecule is Cc1ccc2nc(-c3cc(N4CCC(C(=O)N(C)C5CCN(C)C5)C4)ccc3Cl)[nH]c2c1. The highest BCUT2D eigenvalue weighted by Crippen LogP contribution is 2.34. The maximum absolute atomic E-state index is 13.1. The van der Waals surface area contributed by atoms with E-state index in [1.54, 1.807) is 0 Å². The van der Waals surface area contributed by atoms with Gasteiger partial charge in [0.05, 0.1) is 22.0 Å². The van der Waals surface area contributed by atoms with Crippen LogP contribution in [0.5, 0.6) is 0 Å². The van der Waals surface area contributed by atoms with E-state index in [2.05, 4.69) is 47.0 Å². The number of aryl methyl sites for hydroxylation is 1. The molecule has 32 heavy (non-hydrogen) atoms. The van der Waals surface area contributed by atoms with Crippen LogP contribution in [0.2, 0.25) is 5.02 Å². The minimum atomic E-state index is 0.0409. The summed E-state index contributed by atoms with van der Waals surface area (Å²) in [5.41, 5.74) is 5.10. The summed E-state index contributed by atoms with van der Waals surface area (Å²) in [6, 6.07) is 12.6. The lowest BCUT2D eigenvalue weighted by molar-refractivity contribution is -0.135. The van der Waals surface area contributed by atoms with Gasteiger partial charge in [-0.05, 0) is 69.3 Å². The number of aromatic amines is 1. The highest BCUT2D eigenvalue weighted by atomic mass is 35.5. The number of likely N-dealkylation sites (N-methyl/N-ethyl adjacent to an activating group) is 2. The molecule has 2 aliphatic rings. The predicted molar refractivity (Wildman–Crippen MR) is 130 cm³/mol. The van der Waals surface area contributed by atoms with Gasteiger partial charge in [0, 0.05) is 44.0 Å².